The van der Waals surface area contributed by atoms with E-state index >= 15 is 0 Å². The second-order valence-corrected chi connectivity index (χ2v) is 7.06. The number of benzene rings is 1. The summed E-state index contributed by atoms with van der Waals surface area (Å²) in [6.07, 6.45) is -0.251. The number of nitrogens with one attached hydrogen (secondary N) is 3. The zero-order valence-corrected chi connectivity index (χ0v) is 13.5. The number of aliphatic hydroxyl groups is 1. The lowest BCUT2D eigenvalue weighted by Crippen LogP contribution is -2.43. The summed E-state index contributed by atoms with van der Waals surface area (Å²) in [5.74, 6) is -0.318. The number of carbonyl (C=O) groups is 1. The highest BCUT2D eigenvalue weighted by atomic mass is 32.2. The molecule has 0 saturated carbocycles. The molecule has 4 N–H and O–H groups in total. The Balaban J connectivity index is 1.84. The van der Waals surface area contributed by atoms with Crippen LogP contribution in [0.2, 0.25) is 0 Å². The predicted molar refractivity (Wildman–Crippen MR) is 83.7 cm³/mol. The van der Waals surface area contributed by atoms with Gasteiger partial charge in [0.2, 0.25) is 15.9 Å². The first kappa shape index (κ1) is 18.3. The van der Waals surface area contributed by atoms with E-state index in [4.69, 9.17) is 0 Å². The smallest absolute Gasteiger partial charge is 0.270 e. The molecule has 11 heteroatoms. The molecule has 2 rings (SSSR count). The zero-order chi connectivity index (χ0) is 17.7. The molecule has 24 heavy (non-hydrogen) atoms. The van der Waals surface area contributed by atoms with Gasteiger partial charge < -0.3 is 15.7 Å². The molecule has 132 valence electrons. The Bertz CT molecular complexity index is 723. The fraction of sp³-hybridized carbons (Fsp3) is 0.462. The van der Waals surface area contributed by atoms with Gasteiger partial charge >= 0.3 is 0 Å². The SMILES string of the molecule is O=C(NCCNS(=O)(=O)c1cccc([N+](=O)[O-])c1)C1CC(O)CN1. The second-order valence-electron chi connectivity index (χ2n) is 5.29. The first-order chi connectivity index (χ1) is 11.3. The van der Waals surface area contributed by atoms with Gasteiger partial charge in [0.1, 0.15) is 0 Å². The summed E-state index contributed by atoms with van der Waals surface area (Å²) < 4.78 is 26.4. The molecule has 1 fully saturated rings. The van der Waals surface area contributed by atoms with Gasteiger partial charge in [-0.25, -0.2) is 13.1 Å². The van der Waals surface area contributed by atoms with Gasteiger partial charge in [0.15, 0.2) is 0 Å². The van der Waals surface area contributed by atoms with E-state index in [1.165, 1.54) is 18.2 Å². The van der Waals surface area contributed by atoms with Crippen molar-refractivity contribution in [3.8, 4) is 0 Å². The molecule has 1 aliphatic rings. The Morgan fingerprint density at radius 2 is 2.17 bits per heavy atom. The maximum Gasteiger partial charge on any atom is 0.270 e. The van der Waals surface area contributed by atoms with Crippen molar-refractivity contribution in [2.45, 2.75) is 23.5 Å². The fourth-order valence-corrected chi connectivity index (χ4v) is 3.33. The molecule has 1 saturated heterocycles. The molecular weight excluding hydrogens is 340 g/mol. The fourth-order valence-electron chi connectivity index (χ4n) is 2.26. The van der Waals surface area contributed by atoms with Gasteiger partial charge in [-0.1, -0.05) is 6.07 Å². The molecule has 1 aromatic carbocycles. The second kappa shape index (κ2) is 7.66. The van der Waals surface area contributed by atoms with E-state index in [0.29, 0.717) is 13.0 Å². The van der Waals surface area contributed by atoms with E-state index in [1.807, 2.05) is 0 Å². The average molecular weight is 358 g/mol. The molecule has 1 aliphatic heterocycles. The number of β-amino-alcohol motifs (C(OH)–C–C–N with tert-alkyl or cyclic N) is 1. The number of sulfonamides is 1. The summed E-state index contributed by atoms with van der Waals surface area (Å²) in [4.78, 5) is 21.6. The summed E-state index contributed by atoms with van der Waals surface area (Å²) in [6, 6.07) is 4.20. The standard InChI is InChI=1S/C13H18N4O6S/c18-10-7-12(15-8-10)13(19)14-4-5-16-24(22,23)11-3-1-2-9(6-11)17(20)21/h1-3,6,10,12,15-16,18H,4-5,7-8H2,(H,14,19). The van der Waals surface area contributed by atoms with Crippen LogP contribution < -0.4 is 15.4 Å². The van der Waals surface area contributed by atoms with Gasteiger partial charge in [-0.2, -0.15) is 0 Å². The average Bonchev–Trinajstić information content (AvgIpc) is 2.98. The van der Waals surface area contributed by atoms with Crippen LogP contribution in [0.25, 0.3) is 0 Å². The molecule has 2 unspecified atom stereocenters. The highest BCUT2D eigenvalue weighted by Gasteiger charge is 2.27. The quantitative estimate of drug-likeness (QED) is 0.269. The van der Waals surface area contributed by atoms with Crippen LogP contribution in [0.1, 0.15) is 6.42 Å². The molecule has 1 aromatic rings. The minimum absolute atomic E-state index is 0.0568. The van der Waals surface area contributed by atoms with E-state index in [2.05, 4.69) is 15.4 Å². The maximum atomic E-state index is 12.1. The largest absolute Gasteiger partial charge is 0.392 e. The highest BCUT2D eigenvalue weighted by Crippen LogP contribution is 2.16. The number of nitro benzene ring substituents is 1. The normalized spacial score (nSPS) is 20.7. The number of nitro groups is 1. The third-order valence-corrected chi connectivity index (χ3v) is 4.94. The van der Waals surface area contributed by atoms with Crippen LogP contribution in [-0.2, 0) is 14.8 Å². The van der Waals surface area contributed by atoms with Crippen LogP contribution in [0.4, 0.5) is 5.69 Å². The molecule has 0 bridgehead atoms. The first-order valence-electron chi connectivity index (χ1n) is 7.23. The summed E-state index contributed by atoms with van der Waals surface area (Å²) >= 11 is 0. The Labute approximate surface area is 138 Å². The van der Waals surface area contributed by atoms with Crippen molar-refractivity contribution in [1.82, 2.24) is 15.4 Å². The zero-order valence-electron chi connectivity index (χ0n) is 12.6. The Kier molecular flexibility index (Phi) is 5.83. The Hall–Kier alpha value is -2.08. The number of aliphatic hydroxyl groups excluding tert-OH is 1. The molecule has 2 atom stereocenters. The first-order valence-corrected chi connectivity index (χ1v) is 8.71. The van der Waals surface area contributed by atoms with Gasteiger partial charge in [0, 0.05) is 31.8 Å². The third-order valence-electron chi connectivity index (χ3n) is 3.48. The number of hydrogen-bond acceptors (Lipinski definition) is 7. The van der Waals surface area contributed by atoms with Crippen LogP contribution in [0.5, 0.6) is 0 Å². The molecule has 0 aromatic heterocycles. The molecule has 1 amide bonds. The Morgan fingerprint density at radius 3 is 2.79 bits per heavy atom. The van der Waals surface area contributed by atoms with Gasteiger partial charge in [-0.15, -0.1) is 0 Å². The van der Waals surface area contributed by atoms with Crippen LogP contribution >= 0.6 is 0 Å². The van der Waals surface area contributed by atoms with E-state index in [0.717, 1.165) is 6.07 Å². The van der Waals surface area contributed by atoms with Crippen LogP contribution in [0, 0.1) is 10.1 Å². The topological polar surface area (TPSA) is 151 Å². The minimum Gasteiger partial charge on any atom is -0.392 e. The molecule has 10 nitrogen and oxygen atoms in total. The van der Waals surface area contributed by atoms with E-state index < -0.39 is 27.1 Å². The number of rotatable bonds is 7. The maximum absolute atomic E-state index is 12.1. The van der Waals surface area contributed by atoms with Crippen molar-refractivity contribution in [1.29, 1.82) is 0 Å². The number of carbonyl (C=O) groups excluding carboxylic acids is 1. The number of hydrogen-bond donors (Lipinski definition) is 4. The van der Waals surface area contributed by atoms with Crippen LogP contribution in [-0.4, -0.2) is 56.1 Å². The van der Waals surface area contributed by atoms with Gasteiger partial charge in [-0.05, 0) is 12.5 Å². The number of non-ortho nitro benzene ring substituents is 1. The van der Waals surface area contributed by atoms with E-state index in [9.17, 15) is 28.4 Å². The van der Waals surface area contributed by atoms with Crippen molar-refractivity contribution < 1.29 is 23.2 Å². The lowest BCUT2D eigenvalue weighted by Gasteiger charge is -2.11. The molecule has 0 aliphatic carbocycles. The summed E-state index contributed by atoms with van der Waals surface area (Å²) in [7, 11) is -3.90. The molecular formula is C13H18N4O6S. The monoisotopic (exact) mass is 358 g/mol. The van der Waals surface area contributed by atoms with Gasteiger partial charge in [0.05, 0.1) is 22.0 Å². The Morgan fingerprint density at radius 1 is 1.42 bits per heavy atom. The van der Waals surface area contributed by atoms with Crippen LogP contribution in [0.15, 0.2) is 29.2 Å². The van der Waals surface area contributed by atoms with Gasteiger partial charge in [-0.3, -0.25) is 14.9 Å². The summed E-state index contributed by atoms with van der Waals surface area (Å²) in [6.45, 7) is 0.338. The molecule has 1 heterocycles. The van der Waals surface area contributed by atoms with E-state index in [-0.39, 0.29) is 29.6 Å². The van der Waals surface area contributed by atoms with Crippen molar-refractivity contribution in [3.05, 3.63) is 34.4 Å². The summed E-state index contributed by atoms with van der Waals surface area (Å²) in [5.41, 5.74) is -0.322. The van der Waals surface area contributed by atoms with Gasteiger partial charge in [0.25, 0.3) is 5.69 Å². The predicted octanol–water partition coefficient (Wildman–Crippen LogP) is -1.29. The van der Waals surface area contributed by atoms with Crippen molar-refractivity contribution in [2.75, 3.05) is 19.6 Å². The van der Waals surface area contributed by atoms with Crippen molar-refractivity contribution >= 4 is 21.6 Å². The third kappa shape index (κ3) is 4.71. The lowest BCUT2D eigenvalue weighted by molar-refractivity contribution is -0.385. The molecule has 0 spiro atoms. The van der Waals surface area contributed by atoms with Crippen molar-refractivity contribution in [2.24, 2.45) is 0 Å². The van der Waals surface area contributed by atoms with E-state index in [1.54, 1.807) is 0 Å². The van der Waals surface area contributed by atoms with Crippen LogP contribution in [0.3, 0.4) is 0 Å². The summed E-state index contributed by atoms with van der Waals surface area (Å²) in [5, 5.41) is 25.4. The van der Waals surface area contributed by atoms with Crippen molar-refractivity contribution in [3.63, 3.8) is 0 Å². The highest BCUT2D eigenvalue weighted by molar-refractivity contribution is 7.89. The minimum atomic E-state index is -3.90. The lowest BCUT2D eigenvalue weighted by atomic mass is 10.2. The number of nitrogens with zero attached hydrogens (tertiary/aromatic N) is 1. The number of amides is 1. The molecule has 0 radical (unpaired) electrons.